The molecule has 4 heteroatoms. The molecule has 1 fully saturated rings. The highest BCUT2D eigenvalue weighted by atomic mass is 79.9. The Hall–Kier alpha value is -0.160. The zero-order chi connectivity index (χ0) is 14.6. The number of hydrogen-bond donors (Lipinski definition) is 1. The number of thiophene rings is 1. The van der Waals surface area contributed by atoms with Gasteiger partial charge in [-0.25, -0.2) is 0 Å². The Morgan fingerprint density at radius 3 is 2.81 bits per heavy atom. The smallest absolute Gasteiger partial charge is 0.0758 e. The Morgan fingerprint density at radius 2 is 2.10 bits per heavy atom. The molecule has 0 saturated heterocycles. The number of fused-ring (bicyclic) bond motifs is 3. The molecule has 110 valence electrons. The van der Waals surface area contributed by atoms with Gasteiger partial charge in [0.25, 0.3) is 0 Å². The van der Waals surface area contributed by atoms with Crippen LogP contribution in [0.15, 0.2) is 37.9 Å². The van der Waals surface area contributed by atoms with Crippen LogP contribution in [0.3, 0.4) is 0 Å². The summed E-state index contributed by atoms with van der Waals surface area (Å²) in [4.78, 5) is 0. The second-order valence-corrected chi connectivity index (χ2v) is 9.80. The van der Waals surface area contributed by atoms with Gasteiger partial charge in [-0.1, -0.05) is 24.3 Å². The van der Waals surface area contributed by atoms with E-state index in [-0.39, 0.29) is 0 Å². The summed E-state index contributed by atoms with van der Waals surface area (Å²) in [6.07, 6.45) is 2.59. The van der Waals surface area contributed by atoms with Crippen molar-refractivity contribution in [2.75, 3.05) is 7.05 Å². The number of rotatable bonds is 3. The van der Waals surface area contributed by atoms with E-state index < -0.39 is 0 Å². The van der Waals surface area contributed by atoms with Crippen molar-refractivity contribution in [3.8, 4) is 0 Å². The van der Waals surface area contributed by atoms with Crippen LogP contribution in [0.5, 0.6) is 0 Å². The molecule has 4 rings (SSSR count). The summed E-state index contributed by atoms with van der Waals surface area (Å²) < 4.78 is 2.46. The molecule has 4 atom stereocenters. The highest BCUT2D eigenvalue weighted by Gasteiger charge is 2.56. The van der Waals surface area contributed by atoms with E-state index in [1.54, 1.807) is 22.5 Å². The number of hydrogen-bond acceptors (Lipinski definition) is 2. The first-order chi connectivity index (χ1) is 10.2. The lowest BCUT2D eigenvalue weighted by atomic mass is 9.92. The average molecular weight is 427 g/mol. The maximum Gasteiger partial charge on any atom is 0.0758 e. The Morgan fingerprint density at radius 1 is 1.29 bits per heavy atom. The van der Waals surface area contributed by atoms with Crippen molar-refractivity contribution < 1.29 is 0 Å². The van der Waals surface area contributed by atoms with Crippen LogP contribution >= 0.6 is 43.2 Å². The molecule has 2 aliphatic carbocycles. The van der Waals surface area contributed by atoms with Crippen molar-refractivity contribution in [2.45, 2.75) is 24.8 Å². The molecule has 21 heavy (non-hydrogen) atoms. The van der Waals surface area contributed by atoms with Gasteiger partial charge in [-0.2, -0.15) is 0 Å². The van der Waals surface area contributed by atoms with Crippen molar-refractivity contribution in [1.29, 1.82) is 0 Å². The molecule has 0 spiro atoms. The molecule has 4 unspecified atom stereocenters. The summed E-state index contributed by atoms with van der Waals surface area (Å²) in [5.74, 6) is 2.33. The predicted molar refractivity (Wildman–Crippen MR) is 96.0 cm³/mol. The van der Waals surface area contributed by atoms with E-state index in [1.165, 1.54) is 26.0 Å². The molecule has 0 bridgehead atoms. The fraction of sp³-hybridized carbons (Fsp3) is 0.412. The van der Waals surface area contributed by atoms with E-state index in [1.807, 2.05) is 0 Å². The highest BCUT2D eigenvalue weighted by Crippen LogP contribution is 2.64. The average Bonchev–Trinajstić information content (AvgIpc) is 3.12. The quantitative estimate of drug-likeness (QED) is 0.682. The van der Waals surface area contributed by atoms with Gasteiger partial charge < -0.3 is 5.32 Å². The van der Waals surface area contributed by atoms with Crippen LogP contribution in [0, 0.1) is 11.8 Å². The molecule has 1 saturated carbocycles. The van der Waals surface area contributed by atoms with Crippen molar-refractivity contribution >= 4 is 43.2 Å². The van der Waals surface area contributed by atoms with Gasteiger partial charge in [0.05, 0.1) is 7.57 Å². The molecule has 1 heterocycles. The van der Waals surface area contributed by atoms with Gasteiger partial charge in [0.1, 0.15) is 0 Å². The summed E-state index contributed by atoms with van der Waals surface area (Å²) in [6.45, 7) is 0. The molecule has 1 aromatic heterocycles. The Bertz CT molecular complexity index is 681. The van der Waals surface area contributed by atoms with E-state index in [0.29, 0.717) is 6.04 Å². The number of aryl methyl sites for hydroxylation is 1. The summed E-state index contributed by atoms with van der Waals surface area (Å²) in [7, 11) is 2.10. The SMILES string of the molecule is CNC(c1cc(Br)sc1Br)C1C2CCc3ccccc3C21. The largest absolute Gasteiger partial charge is 0.313 e. The first kappa shape index (κ1) is 14.4. The number of benzene rings is 1. The molecule has 1 aromatic carbocycles. The van der Waals surface area contributed by atoms with E-state index in [9.17, 15) is 0 Å². The summed E-state index contributed by atoms with van der Waals surface area (Å²) in [6, 6.07) is 11.7. The zero-order valence-corrected chi connectivity index (χ0v) is 15.8. The zero-order valence-electron chi connectivity index (χ0n) is 11.8. The van der Waals surface area contributed by atoms with Crippen molar-refractivity contribution in [2.24, 2.45) is 11.8 Å². The predicted octanol–water partition coefficient (Wildman–Crippen LogP) is 5.51. The van der Waals surface area contributed by atoms with Crippen molar-refractivity contribution in [3.05, 3.63) is 54.6 Å². The Labute approximate surface area is 146 Å². The fourth-order valence-electron chi connectivity index (χ4n) is 4.19. The van der Waals surface area contributed by atoms with Crippen LogP contribution in [0.4, 0.5) is 0 Å². The third-order valence-corrected chi connectivity index (χ3v) is 7.49. The molecule has 1 N–H and O–H groups in total. The lowest BCUT2D eigenvalue weighted by Crippen LogP contribution is -2.19. The van der Waals surface area contributed by atoms with E-state index in [2.05, 4.69) is 74.6 Å². The van der Waals surface area contributed by atoms with Gasteiger partial charge in [-0.05, 0) is 92.3 Å². The van der Waals surface area contributed by atoms with Gasteiger partial charge in [0, 0.05) is 6.04 Å². The summed E-state index contributed by atoms with van der Waals surface area (Å²) in [5, 5.41) is 3.58. The first-order valence-corrected chi connectivity index (χ1v) is 9.80. The lowest BCUT2D eigenvalue weighted by Gasteiger charge is -2.16. The van der Waals surface area contributed by atoms with Crippen molar-refractivity contribution in [1.82, 2.24) is 5.32 Å². The second-order valence-electron chi connectivity index (χ2n) is 6.05. The van der Waals surface area contributed by atoms with Crippen molar-refractivity contribution in [3.63, 3.8) is 0 Å². The molecule has 0 amide bonds. The molecule has 2 aliphatic rings. The third kappa shape index (κ3) is 2.35. The minimum Gasteiger partial charge on any atom is -0.313 e. The van der Waals surface area contributed by atoms with Crippen LogP contribution in [0.25, 0.3) is 0 Å². The minimum absolute atomic E-state index is 0.447. The van der Waals surface area contributed by atoms with Crippen LogP contribution < -0.4 is 5.32 Å². The summed E-state index contributed by atoms with van der Waals surface area (Å²) in [5.41, 5.74) is 4.58. The minimum atomic E-state index is 0.447. The van der Waals surface area contributed by atoms with Gasteiger partial charge in [-0.3, -0.25) is 0 Å². The van der Waals surface area contributed by atoms with Crippen LogP contribution in [-0.4, -0.2) is 7.05 Å². The van der Waals surface area contributed by atoms with Gasteiger partial charge in [-0.15, -0.1) is 11.3 Å². The van der Waals surface area contributed by atoms with Gasteiger partial charge in [0.15, 0.2) is 0 Å². The molecule has 2 aromatic rings. The third-order valence-electron chi connectivity index (χ3n) is 5.10. The van der Waals surface area contributed by atoms with Crippen LogP contribution in [0.2, 0.25) is 0 Å². The molecular weight excluding hydrogens is 410 g/mol. The lowest BCUT2D eigenvalue weighted by molar-refractivity contribution is 0.484. The Kier molecular flexibility index (Phi) is 3.77. The molecule has 0 aliphatic heterocycles. The van der Waals surface area contributed by atoms with Gasteiger partial charge >= 0.3 is 0 Å². The monoisotopic (exact) mass is 425 g/mol. The Balaban J connectivity index is 1.68. The standard InChI is InChI=1S/C17H17Br2NS/c1-20-16(12-8-13(18)21-17(12)19)15-11-7-6-9-4-2-3-5-10(9)14(11)15/h2-5,8,11,14-16,20H,6-7H2,1H3. The van der Waals surface area contributed by atoms with E-state index in [0.717, 1.165) is 17.8 Å². The van der Waals surface area contributed by atoms with Crippen LogP contribution in [0.1, 0.15) is 35.1 Å². The second kappa shape index (κ2) is 5.48. The molecular formula is C17H17Br2NS. The fourth-order valence-corrected chi connectivity index (χ4v) is 7.12. The van der Waals surface area contributed by atoms with Gasteiger partial charge in [0.2, 0.25) is 0 Å². The molecule has 1 nitrogen and oxygen atoms in total. The topological polar surface area (TPSA) is 12.0 Å². The summed E-state index contributed by atoms with van der Waals surface area (Å²) >= 11 is 9.12. The normalized spacial score (nSPS) is 27.9. The maximum atomic E-state index is 3.73. The maximum absolute atomic E-state index is 3.73. The highest BCUT2D eigenvalue weighted by molar-refractivity contribution is 9.12. The van der Waals surface area contributed by atoms with E-state index >= 15 is 0 Å². The van der Waals surface area contributed by atoms with E-state index in [4.69, 9.17) is 0 Å². The number of nitrogens with one attached hydrogen (secondary N) is 1. The van der Waals surface area contributed by atoms with Crippen LogP contribution in [-0.2, 0) is 6.42 Å². The number of halogens is 2. The molecule has 0 radical (unpaired) electrons. The first-order valence-electron chi connectivity index (χ1n) is 7.40.